The van der Waals surface area contributed by atoms with E-state index in [1.807, 2.05) is 0 Å². The Morgan fingerprint density at radius 1 is 1.25 bits per heavy atom. The molecule has 16 heavy (non-hydrogen) atoms. The summed E-state index contributed by atoms with van der Waals surface area (Å²) in [5.74, 6) is 6.84. The minimum absolute atomic E-state index is 0.151. The first kappa shape index (κ1) is 12.0. The van der Waals surface area contributed by atoms with Gasteiger partial charge in [-0.2, -0.15) is 0 Å². The van der Waals surface area contributed by atoms with Crippen LogP contribution in [-0.2, 0) is 0 Å². The van der Waals surface area contributed by atoms with Gasteiger partial charge >= 0.3 is 0 Å². The molecule has 2 saturated carbocycles. The third-order valence-corrected chi connectivity index (χ3v) is 4.60. The van der Waals surface area contributed by atoms with E-state index in [0.717, 1.165) is 25.2 Å². The van der Waals surface area contributed by atoms with Gasteiger partial charge in [-0.1, -0.05) is 25.7 Å². The highest BCUT2D eigenvalue weighted by atomic mass is 16.3. The van der Waals surface area contributed by atoms with Gasteiger partial charge in [-0.25, -0.2) is 0 Å². The van der Waals surface area contributed by atoms with Gasteiger partial charge in [0.2, 0.25) is 0 Å². The number of hydrogen-bond acceptors (Lipinski definition) is 2. The molecule has 2 N–H and O–H groups in total. The van der Waals surface area contributed by atoms with Crippen LogP contribution in [0.15, 0.2) is 0 Å². The Morgan fingerprint density at radius 2 is 2.00 bits per heavy atom. The number of hydrogen-bond donors (Lipinski definition) is 2. The molecule has 3 unspecified atom stereocenters. The molecule has 0 saturated heterocycles. The van der Waals surface area contributed by atoms with E-state index in [1.165, 1.54) is 12.8 Å². The van der Waals surface area contributed by atoms with Crippen LogP contribution in [0.2, 0.25) is 0 Å². The van der Waals surface area contributed by atoms with Crippen LogP contribution >= 0.6 is 0 Å². The molecule has 0 radical (unpaired) electrons. The summed E-state index contributed by atoms with van der Waals surface area (Å²) < 4.78 is 0. The second-order valence-electron chi connectivity index (χ2n) is 6.13. The lowest BCUT2D eigenvalue weighted by Crippen LogP contribution is -2.39. The normalized spacial score (nSPS) is 41.0. The van der Waals surface area contributed by atoms with E-state index in [1.54, 1.807) is 0 Å². The van der Waals surface area contributed by atoms with Crippen LogP contribution in [0, 0.1) is 29.1 Å². The second-order valence-corrected chi connectivity index (χ2v) is 6.13. The maximum atomic E-state index is 10.3. The van der Waals surface area contributed by atoms with Crippen molar-refractivity contribution in [1.82, 2.24) is 0 Å². The van der Waals surface area contributed by atoms with Gasteiger partial charge in [0.25, 0.3) is 0 Å². The van der Waals surface area contributed by atoms with E-state index < -0.39 is 5.60 Å². The molecule has 0 aromatic carbocycles. The van der Waals surface area contributed by atoms with Gasteiger partial charge in [0.05, 0.1) is 0 Å². The van der Waals surface area contributed by atoms with Gasteiger partial charge in [-0.05, 0) is 49.4 Å². The largest absolute Gasteiger partial charge is 0.384 e. The molecule has 2 rings (SSSR count). The predicted octanol–water partition coefficient (Wildman–Crippen LogP) is 1.95. The highest BCUT2D eigenvalue weighted by Gasteiger charge is 2.48. The first-order valence-corrected chi connectivity index (χ1v) is 6.30. The first-order valence-electron chi connectivity index (χ1n) is 6.30. The van der Waals surface area contributed by atoms with Crippen LogP contribution in [-0.4, -0.2) is 22.4 Å². The fourth-order valence-electron chi connectivity index (χ4n) is 3.70. The van der Waals surface area contributed by atoms with Crippen molar-refractivity contribution in [1.29, 1.82) is 0 Å². The maximum absolute atomic E-state index is 10.3. The highest BCUT2D eigenvalue weighted by Crippen LogP contribution is 2.54. The Kier molecular flexibility index (Phi) is 3.03. The monoisotopic (exact) mass is 222 g/mol. The number of aliphatic hydroxyl groups excluding tert-OH is 1. The standard InChI is InChI=1S/C14H22O2/c1-13(2)7-4-11-10-14(16,6-3-9-15)8-5-12(11)13/h11-12,15-16H,4-5,7-10H2,1-2H3. The maximum Gasteiger partial charge on any atom is 0.125 e. The fraction of sp³-hybridized carbons (Fsp3) is 0.857. The minimum Gasteiger partial charge on any atom is -0.384 e. The molecule has 2 fully saturated rings. The highest BCUT2D eigenvalue weighted by molar-refractivity contribution is 5.17. The summed E-state index contributed by atoms with van der Waals surface area (Å²) >= 11 is 0. The Hall–Kier alpha value is -0.520. The minimum atomic E-state index is -0.829. The SMILES string of the molecule is CC1(C)CCC2CC(O)(C#CCO)CCC21. The van der Waals surface area contributed by atoms with Crippen molar-refractivity contribution in [3.63, 3.8) is 0 Å². The summed E-state index contributed by atoms with van der Waals surface area (Å²) in [6.07, 6.45) is 5.14. The van der Waals surface area contributed by atoms with E-state index >= 15 is 0 Å². The zero-order chi connectivity index (χ0) is 11.8. The molecular weight excluding hydrogens is 200 g/mol. The fourth-order valence-corrected chi connectivity index (χ4v) is 3.70. The Morgan fingerprint density at radius 3 is 2.69 bits per heavy atom. The summed E-state index contributed by atoms with van der Waals surface area (Å²) in [4.78, 5) is 0. The zero-order valence-electron chi connectivity index (χ0n) is 10.3. The third-order valence-electron chi connectivity index (χ3n) is 4.60. The van der Waals surface area contributed by atoms with Crippen LogP contribution in [0.3, 0.4) is 0 Å². The van der Waals surface area contributed by atoms with Crippen molar-refractivity contribution in [2.45, 2.75) is 51.6 Å². The smallest absolute Gasteiger partial charge is 0.125 e. The average molecular weight is 222 g/mol. The molecule has 0 aromatic rings. The average Bonchev–Trinajstić information content (AvgIpc) is 2.51. The lowest BCUT2D eigenvalue weighted by molar-refractivity contribution is 0.00382. The first-order chi connectivity index (χ1) is 7.47. The Bertz CT molecular complexity index is 323. The molecule has 0 aromatic heterocycles. The molecule has 0 bridgehead atoms. The van der Waals surface area contributed by atoms with Crippen molar-refractivity contribution < 1.29 is 10.2 Å². The van der Waals surface area contributed by atoms with Crippen LogP contribution in [0.1, 0.15) is 46.0 Å². The molecule has 2 heteroatoms. The number of rotatable bonds is 0. The van der Waals surface area contributed by atoms with E-state index in [-0.39, 0.29) is 6.61 Å². The lowest BCUT2D eigenvalue weighted by atomic mass is 9.67. The molecule has 2 aliphatic carbocycles. The summed E-state index contributed by atoms with van der Waals surface area (Å²) in [7, 11) is 0. The van der Waals surface area contributed by atoms with Gasteiger partial charge in [0.15, 0.2) is 0 Å². The van der Waals surface area contributed by atoms with Gasteiger partial charge in [-0.3, -0.25) is 0 Å². The molecular formula is C14H22O2. The van der Waals surface area contributed by atoms with Gasteiger partial charge < -0.3 is 10.2 Å². The van der Waals surface area contributed by atoms with E-state index in [4.69, 9.17) is 5.11 Å². The third kappa shape index (κ3) is 2.12. The Balaban J connectivity index is 2.08. The number of aliphatic hydroxyl groups is 2. The summed E-state index contributed by atoms with van der Waals surface area (Å²) in [6, 6.07) is 0. The van der Waals surface area contributed by atoms with Gasteiger partial charge in [-0.15, -0.1) is 0 Å². The van der Waals surface area contributed by atoms with Gasteiger partial charge in [0, 0.05) is 0 Å². The van der Waals surface area contributed by atoms with E-state index in [9.17, 15) is 5.11 Å². The Labute approximate surface area is 98.1 Å². The molecule has 0 heterocycles. The van der Waals surface area contributed by atoms with Crippen LogP contribution < -0.4 is 0 Å². The van der Waals surface area contributed by atoms with Crippen molar-refractivity contribution in [2.75, 3.05) is 6.61 Å². The molecule has 2 aliphatic rings. The van der Waals surface area contributed by atoms with Crippen molar-refractivity contribution in [2.24, 2.45) is 17.3 Å². The predicted molar refractivity (Wildman–Crippen MR) is 63.7 cm³/mol. The van der Waals surface area contributed by atoms with E-state index in [0.29, 0.717) is 11.3 Å². The molecule has 0 aliphatic heterocycles. The van der Waals surface area contributed by atoms with Crippen molar-refractivity contribution >= 4 is 0 Å². The molecule has 0 amide bonds. The van der Waals surface area contributed by atoms with Gasteiger partial charge in [0.1, 0.15) is 12.2 Å². The molecule has 90 valence electrons. The van der Waals surface area contributed by atoms with Crippen LogP contribution in [0.5, 0.6) is 0 Å². The van der Waals surface area contributed by atoms with Crippen LogP contribution in [0.25, 0.3) is 0 Å². The van der Waals surface area contributed by atoms with Crippen molar-refractivity contribution in [3.05, 3.63) is 0 Å². The second kappa shape index (κ2) is 4.05. The van der Waals surface area contributed by atoms with Crippen LogP contribution in [0.4, 0.5) is 0 Å². The lowest BCUT2D eigenvalue weighted by Gasteiger charge is -2.40. The zero-order valence-corrected chi connectivity index (χ0v) is 10.3. The molecule has 0 spiro atoms. The summed E-state index contributed by atoms with van der Waals surface area (Å²) in [5, 5.41) is 19.0. The molecule has 2 nitrogen and oxygen atoms in total. The molecule has 3 atom stereocenters. The quantitative estimate of drug-likeness (QED) is 0.615. The summed E-state index contributed by atoms with van der Waals surface area (Å²) in [6.45, 7) is 4.55. The number of fused-ring (bicyclic) bond motifs is 1. The van der Waals surface area contributed by atoms with Crippen molar-refractivity contribution in [3.8, 4) is 11.8 Å². The summed E-state index contributed by atoms with van der Waals surface area (Å²) in [5.41, 5.74) is -0.388. The van der Waals surface area contributed by atoms with E-state index in [2.05, 4.69) is 25.7 Å². The topological polar surface area (TPSA) is 40.5 Å².